The van der Waals surface area contributed by atoms with Crippen LogP contribution >= 0.6 is 0 Å². The molecule has 26 heavy (non-hydrogen) atoms. The fourth-order valence-electron chi connectivity index (χ4n) is 3.09. The lowest BCUT2D eigenvalue weighted by Crippen LogP contribution is -2.48. The molecule has 2 aliphatic heterocycles. The van der Waals surface area contributed by atoms with E-state index in [1.807, 2.05) is 60.7 Å². The summed E-state index contributed by atoms with van der Waals surface area (Å²) in [6, 6.07) is 19.0. The first-order valence-electron chi connectivity index (χ1n) is 8.45. The van der Waals surface area contributed by atoms with Gasteiger partial charge in [-0.3, -0.25) is 0 Å². The van der Waals surface area contributed by atoms with Crippen molar-refractivity contribution in [1.82, 2.24) is 0 Å². The molecule has 5 nitrogen and oxygen atoms in total. The van der Waals surface area contributed by atoms with Crippen LogP contribution in [0.2, 0.25) is 0 Å². The third kappa shape index (κ3) is 3.51. The van der Waals surface area contributed by atoms with Crippen molar-refractivity contribution in [2.45, 2.75) is 29.7 Å². The van der Waals surface area contributed by atoms with Crippen LogP contribution in [0.5, 0.6) is 0 Å². The third-order valence-electron chi connectivity index (χ3n) is 4.38. The van der Waals surface area contributed by atoms with Gasteiger partial charge in [0.15, 0.2) is 12.6 Å². The van der Waals surface area contributed by atoms with Gasteiger partial charge in [-0.15, -0.1) is 0 Å². The Balaban J connectivity index is 1.64. The fourth-order valence-corrected chi connectivity index (χ4v) is 4.42. The molecule has 0 amide bonds. The van der Waals surface area contributed by atoms with E-state index in [9.17, 15) is 4.21 Å². The number of hydrogen-bond donors (Lipinski definition) is 0. The summed E-state index contributed by atoms with van der Waals surface area (Å²) in [6.07, 6.45) is -0.165. The SMILES string of the molecule is CO[C@H]1C=C([S@@](=O)c2ccccc2)[C@@H]2O[C@H](c3ccccc3)OC[C@H]2O1. The van der Waals surface area contributed by atoms with Crippen LogP contribution in [0.4, 0.5) is 0 Å². The molecule has 2 heterocycles. The lowest BCUT2D eigenvalue weighted by Gasteiger charge is -2.41. The Morgan fingerprint density at radius 3 is 2.38 bits per heavy atom. The van der Waals surface area contributed by atoms with Gasteiger partial charge >= 0.3 is 0 Å². The predicted molar refractivity (Wildman–Crippen MR) is 96.6 cm³/mol. The summed E-state index contributed by atoms with van der Waals surface area (Å²) in [5.41, 5.74) is 0.921. The van der Waals surface area contributed by atoms with E-state index in [4.69, 9.17) is 18.9 Å². The fraction of sp³-hybridized carbons (Fsp3) is 0.300. The van der Waals surface area contributed by atoms with Crippen molar-refractivity contribution in [3.05, 3.63) is 77.2 Å². The highest BCUT2D eigenvalue weighted by Crippen LogP contribution is 2.36. The molecule has 4 rings (SSSR count). The second kappa shape index (κ2) is 7.82. The average molecular weight is 372 g/mol. The zero-order valence-electron chi connectivity index (χ0n) is 14.3. The summed E-state index contributed by atoms with van der Waals surface area (Å²) < 4.78 is 36.3. The molecule has 0 N–H and O–H groups in total. The van der Waals surface area contributed by atoms with E-state index in [2.05, 4.69) is 0 Å². The van der Waals surface area contributed by atoms with Crippen molar-refractivity contribution in [1.29, 1.82) is 0 Å². The summed E-state index contributed by atoms with van der Waals surface area (Å²) in [5.74, 6) is 0. The number of ether oxygens (including phenoxy) is 4. The largest absolute Gasteiger partial charge is 0.352 e. The Morgan fingerprint density at radius 1 is 1.00 bits per heavy atom. The Morgan fingerprint density at radius 2 is 1.69 bits per heavy atom. The number of benzene rings is 2. The highest BCUT2D eigenvalue weighted by Gasteiger charge is 2.42. The van der Waals surface area contributed by atoms with Crippen LogP contribution in [0.25, 0.3) is 0 Å². The molecule has 0 bridgehead atoms. The van der Waals surface area contributed by atoms with Crippen molar-refractivity contribution >= 4 is 10.8 Å². The Bertz CT molecular complexity index is 792. The van der Waals surface area contributed by atoms with Crippen LogP contribution < -0.4 is 0 Å². The van der Waals surface area contributed by atoms with Crippen LogP contribution in [0.15, 0.2) is 76.5 Å². The molecule has 6 heteroatoms. The first kappa shape index (κ1) is 17.6. The van der Waals surface area contributed by atoms with Crippen molar-refractivity contribution in [3.8, 4) is 0 Å². The number of rotatable bonds is 4. The molecular formula is C20H20O5S. The van der Waals surface area contributed by atoms with Gasteiger partial charge in [0.2, 0.25) is 0 Å². The highest BCUT2D eigenvalue weighted by molar-refractivity contribution is 7.89. The molecule has 1 saturated heterocycles. The molecule has 0 aliphatic carbocycles. The second-order valence-electron chi connectivity index (χ2n) is 6.06. The zero-order valence-corrected chi connectivity index (χ0v) is 15.1. The minimum atomic E-state index is -1.36. The van der Waals surface area contributed by atoms with Gasteiger partial charge in [0.25, 0.3) is 0 Å². The van der Waals surface area contributed by atoms with E-state index < -0.39 is 29.5 Å². The summed E-state index contributed by atoms with van der Waals surface area (Å²) in [7, 11) is 0.196. The standard InChI is InChI=1S/C20H20O5S/c1-22-18-12-17(26(21)15-10-6-3-7-11-15)19-16(24-18)13-23-20(25-19)14-8-4-2-5-9-14/h2-12,16,18-20H,13H2,1H3/t16-,18-,19-,20-,26+/m1/s1. The Kier molecular flexibility index (Phi) is 5.28. The van der Waals surface area contributed by atoms with E-state index >= 15 is 0 Å². The molecule has 0 unspecified atom stereocenters. The summed E-state index contributed by atoms with van der Waals surface area (Å²) >= 11 is 0. The van der Waals surface area contributed by atoms with E-state index in [0.717, 1.165) is 10.5 Å². The van der Waals surface area contributed by atoms with Gasteiger partial charge in [-0.25, -0.2) is 4.21 Å². The maximum Gasteiger partial charge on any atom is 0.184 e. The van der Waals surface area contributed by atoms with Gasteiger partial charge in [-0.2, -0.15) is 0 Å². The summed E-state index contributed by atoms with van der Waals surface area (Å²) in [6.45, 7) is 0.341. The lowest BCUT2D eigenvalue weighted by molar-refractivity contribution is -0.282. The summed E-state index contributed by atoms with van der Waals surface area (Å²) in [4.78, 5) is 1.38. The molecule has 2 aliphatic rings. The average Bonchev–Trinajstić information content (AvgIpc) is 2.73. The summed E-state index contributed by atoms with van der Waals surface area (Å²) in [5, 5.41) is 0. The van der Waals surface area contributed by atoms with E-state index in [1.54, 1.807) is 13.2 Å². The Labute approximate surface area is 155 Å². The van der Waals surface area contributed by atoms with Gasteiger partial charge < -0.3 is 18.9 Å². The predicted octanol–water partition coefficient (Wildman–Crippen LogP) is 3.16. The quantitative estimate of drug-likeness (QED) is 0.825. The van der Waals surface area contributed by atoms with Crippen molar-refractivity contribution in [2.24, 2.45) is 0 Å². The van der Waals surface area contributed by atoms with E-state index in [1.165, 1.54) is 0 Å². The van der Waals surface area contributed by atoms with Crippen LogP contribution in [-0.4, -0.2) is 36.4 Å². The van der Waals surface area contributed by atoms with Gasteiger partial charge in [-0.1, -0.05) is 48.5 Å². The highest BCUT2D eigenvalue weighted by atomic mass is 32.2. The lowest BCUT2D eigenvalue weighted by atomic mass is 10.1. The van der Waals surface area contributed by atoms with Gasteiger partial charge in [0.05, 0.1) is 22.3 Å². The van der Waals surface area contributed by atoms with Gasteiger partial charge in [0, 0.05) is 17.6 Å². The van der Waals surface area contributed by atoms with Crippen LogP contribution in [0, 0.1) is 0 Å². The minimum Gasteiger partial charge on any atom is -0.352 e. The minimum absolute atomic E-state index is 0.341. The monoisotopic (exact) mass is 372 g/mol. The maximum atomic E-state index is 13.2. The van der Waals surface area contributed by atoms with Gasteiger partial charge in [-0.05, 0) is 18.2 Å². The number of hydrogen-bond acceptors (Lipinski definition) is 5. The van der Waals surface area contributed by atoms with Crippen molar-refractivity contribution in [2.75, 3.05) is 13.7 Å². The molecule has 0 radical (unpaired) electrons. The smallest absolute Gasteiger partial charge is 0.184 e. The third-order valence-corrected chi connectivity index (χ3v) is 5.88. The van der Waals surface area contributed by atoms with Crippen LogP contribution in [0.3, 0.4) is 0 Å². The van der Waals surface area contributed by atoms with Crippen LogP contribution in [-0.2, 0) is 29.7 Å². The first-order chi connectivity index (χ1) is 12.8. The molecule has 136 valence electrons. The zero-order chi connectivity index (χ0) is 17.9. The molecule has 5 atom stereocenters. The van der Waals surface area contributed by atoms with Crippen molar-refractivity contribution in [3.63, 3.8) is 0 Å². The topological polar surface area (TPSA) is 54.0 Å². The molecular weight excluding hydrogens is 352 g/mol. The molecule has 2 aromatic carbocycles. The first-order valence-corrected chi connectivity index (χ1v) is 9.60. The molecule has 2 aromatic rings. The molecule has 0 aromatic heterocycles. The molecule has 0 saturated carbocycles. The normalized spacial score (nSPS) is 29.5. The number of fused-ring (bicyclic) bond motifs is 1. The molecule has 1 fully saturated rings. The number of methoxy groups -OCH3 is 1. The van der Waals surface area contributed by atoms with Gasteiger partial charge in [0.1, 0.15) is 12.2 Å². The van der Waals surface area contributed by atoms with Crippen molar-refractivity contribution < 1.29 is 23.2 Å². The van der Waals surface area contributed by atoms with E-state index in [-0.39, 0.29) is 6.10 Å². The maximum absolute atomic E-state index is 13.2. The van der Waals surface area contributed by atoms with Crippen LogP contribution in [0.1, 0.15) is 11.9 Å². The Hall–Kier alpha value is -1.83. The molecule has 0 spiro atoms. The van der Waals surface area contributed by atoms with E-state index in [0.29, 0.717) is 11.5 Å². The second-order valence-corrected chi connectivity index (χ2v) is 7.54.